The largest absolute Gasteiger partial charge is 0.471 e. The van der Waals surface area contributed by atoms with E-state index >= 15 is 0 Å². The van der Waals surface area contributed by atoms with Crippen molar-refractivity contribution in [2.24, 2.45) is 11.8 Å². The zero-order valence-electron chi connectivity index (χ0n) is 21.8. The standard InChI is InChI=1S/C27H52O3Si/c1-8-9-21-26(30-31(5,6)7)22-16-20-25-19-15-18-24(25)17-13-11-10-12-14-23-29-27(2,3)28-4/h10,12,14,23-26H,8-9,11,13,15-22H2,1-7H3/t24-,25+,26?/m0/s1. The Kier molecular flexibility index (Phi) is 14.0. The SMILES string of the molecule is CCCCC(CCC[C@H]1CCC[C@@H]1CCCC=CC=COC(C)(C)OC)O[Si](C)(C)C. The van der Waals surface area contributed by atoms with Crippen molar-refractivity contribution in [2.75, 3.05) is 7.11 Å². The second kappa shape index (κ2) is 15.3. The van der Waals surface area contributed by atoms with Crippen LogP contribution in [0.25, 0.3) is 0 Å². The molecule has 1 fully saturated rings. The van der Waals surface area contributed by atoms with Crippen LogP contribution >= 0.6 is 0 Å². The van der Waals surface area contributed by atoms with E-state index in [1.54, 1.807) is 13.4 Å². The Bertz CT molecular complexity index is 507. The fourth-order valence-corrected chi connectivity index (χ4v) is 5.88. The van der Waals surface area contributed by atoms with Gasteiger partial charge in [-0.15, -0.1) is 0 Å². The summed E-state index contributed by atoms with van der Waals surface area (Å²) in [4.78, 5) is 0. The van der Waals surface area contributed by atoms with Gasteiger partial charge in [0.1, 0.15) is 0 Å². The molecule has 182 valence electrons. The van der Waals surface area contributed by atoms with Crippen LogP contribution in [0.4, 0.5) is 0 Å². The van der Waals surface area contributed by atoms with Crippen molar-refractivity contribution in [2.45, 2.75) is 129 Å². The first-order valence-electron chi connectivity index (χ1n) is 12.9. The number of methoxy groups -OCH3 is 1. The van der Waals surface area contributed by atoms with Crippen molar-refractivity contribution < 1.29 is 13.9 Å². The lowest BCUT2D eigenvalue weighted by Crippen LogP contribution is -2.32. The van der Waals surface area contributed by atoms with Gasteiger partial charge in [0.2, 0.25) is 5.79 Å². The Morgan fingerprint density at radius 1 is 0.968 bits per heavy atom. The van der Waals surface area contributed by atoms with Crippen LogP contribution in [-0.4, -0.2) is 27.3 Å². The Morgan fingerprint density at radius 2 is 1.61 bits per heavy atom. The molecule has 1 aliphatic carbocycles. The molecule has 0 aromatic rings. The van der Waals surface area contributed by atoms with Crippen molar-refractivity contribution in [3.05, 3.63) is 24.5 Å². The molecule has 4 heteroatoms. The van der Waals surface area contributed by atoms with Gasteiger partial charge in [-0.2, -0.15) is 0 Å². The second-order valence-corrected chi connectivity index (χ2v) is 15.2. The predicted octanol–water partition coefficient (Wildman–Crippen LogP) is 8.62. The molecular weight excluding hydrogens is 400 g/mol. The van der Waals surface area contributed by atoms with Gasteiger partial charge >= 0.3 is 0 Å². The molecular formula is C27H52O3Si. The zero-order chi connectivity index (χ0) is 23.2. The highest BCUT2D eigenvalue weighted by Gasteiger charge is 2.27. The fraction of sp³-hybridized carbons (Fsp3) is 0.852. The highest BCUT2D eigenvalue weighted by atomic mass is 28.4. The summed E-state index contributed by atoms with van der Waals surface area (Å²) in [6, 6.07) is 0. The quantitative estimate of drug-likeness (QED) is 0.0726. The normalized spacial score (nSPS) is 21.4. The van der Waals surface area contributed by atoms with Gasteiger partial charge in [-0.05, 0) is 69.7 Å². The third-order valence-corrected chi connectivity index (χ3v) is 7.47. The van der Waals surface area contributed by atoms with Gasteiger partial charge in [0, 0.05) is 27.1 Å². The average Bonchev–Trinajstić information content (AvgIpc) is 3.14. The molecule has 0 bridgehead atoms. The molecule has 0 heterocycles. The van der Waals surface area contributed by atoms with Gasteiger partial charge in [-0.3, -0.25) is 0 Å². The first kappa shape index (κ1) is 28.4. The number of hydrogen-bond acceptors (Lipinski definition) is 3. The van der Waals surface area contributed by atoms with Crippen molar-refractivity contribution >= 4 is 8.32 Å². The summed E-state index contributed by atoms with van der Waals surface area (Å²) in [7, 11) is 0.222. The summed E-state index contributed by atoms with van der Waals surface area (Å²) in [5.74, 6) is 1.34. The minimum atomic E-state index is -1.44. The third kappa shape index (κ3) is 14.2. The summed E-state index contributed by atoms with van der Waals surface area (Å²) < 4.78 is 17.2. The molecule has 1 aliphatic rings. The Hall–Kier alpha value is -0.583. The topological polar surface area (TPSA) is 27.7 Å². The maximum Gasteiger partial charge on any atom is 0.203 e. The first-order chi connectivity index (χ1) is 14.7. The molecule has 0 aliphatic heterocycles. The van der Waals surface area contributed by atoms with Crippen LogP contribution in [0.5, 0.6) is 0 Å². The van der Waals surface area contributed by atoms with Crippen LogP contribution < -0.4 is 0 Å². The van der Waals surface area contributed by atoms with Crippen molar-refractivity contribution in [3.8, 4) is 0 Å². The molecule has 0 radical (unpaired) electrons. The van der Waals surface area contributed by atoms with E-state index in [0.717, 1.165) is 18.3 Å². The lowest BCUT2D eigenvalue weighted by molar-refractivity contribution is -0.161. The molecule has 1 unspecified atom stereocenters. The van der Waals surface area contributed by atoms with E-state index in [2.05, 4.69) is 38.7 Å². The fourth-order valence-electron chi connectivity index (χ4n) is 4.64. The van der Waals surface area contributed by atoms with Gasteiger partial charge in [-0.25, -0.2) is 0 Å². The smallest absolute Gasteiger partial charge is 0.203 e. The summed E-state index contributed by atoms with van der Waals surface area (Å²) in [6.45, 7) is 13.1. The van der Waals surface area contributed by atoms with Crippen LogP contribution in [0, 0.1) is 11.8 Å². The van der Waals surface area contributed by atoms with E-state index in [4.69, 9.17) is 13.9 Å². The summed E-state index contributed by atoms with van der Waals surface area (Å²) >= 11 is 0. The van der Waals surface area contributed by atoms with E-state index < -0.39 is 14.1 Å². The molecule has 0 spiro atoms. The van der Waals surface area contributed by atoms with Crippen molar-refractivity contribution in [1.29, 1.82) is 0 Å². The molecule has 0 saturated heterocycles. The first-order valence-corrected chi connectivity index (χ1v) is 16.3. The minimum Gasteiger partial charge on any atom is -0.471 e. The molecule has 31 heavy (non-hydrogen) atoms. The zero-order valence-corrected chi connectivity index (χ0v) is 22.8. The Balaban J connectivity index is 2.26. The van der Waals surface area contributed by atoms with Gasteiger partial charge in [0.15, 0.2) is 8.32 Å². The maximum absolute atomic E-state index is 6.49. The maximum atomic E-state index is 6.49. The highest BCUT2D eigenvalue weighted by molar-refractivity contribution is 6.69. The number of rotatable bonds is 17. The van der Waals surface area contributed by atoms with E-state index in [9.17, 15) is 0 Å². The summed E-state index contributed by atoms with van der Waals surface area (Å²) in [5, 5.41) is 0. The molecule has 3 nitrogen and oxygen atoms in total. The molecule has 0 aromatic heterocycles. The summed E-state index contributed by atoms with van der Waals surface area (Å²) in [6.07, 6.45) is 24.6. The van der Waals surface area contributed by atoms with Gasteiger partial charge in [0.05, 0.1) is 6.26 Å². The third-order valence-electron chi connectivity index (χ3n) is 6.43. The van der Waals surface area contributed by atoms with Crippen LogP contribution in [0.1, 0.15) is 97.8 Å². The van der Waals surface area contributed by atoms with E-state index in [-0.39, 0.29) is 0 Å². The average molecular weight is 453 g/mol. The molecule has 0 N–H and O–H groups in total. The lowest BCUT2D eigenvalue weighted by atomic mass is 9.87. The molecule has 1 saturated carbocycles. The Morgan fingerprint density at radius 3 is 2.23 bits per heavy atom. The number of ether oxygens (including phenoxy) is 2. The molecule has 0 aromatic carbocycles. The van der Waals surface area contributed by atoms with E-state index in [1.165, 1.54) is 70.6 Å². The summed E-state index contributed by atoms with van der Waals surface area (Å²) in [5.41, 5.74) is 0. The van der Waals surface area contributed by atoms with Gasteiger partial charge < -0.3 is 13.9 Å². The second-order valence-electron chi connectivity index (χ2n) is 10.8. The monoisotopic (exact) mass is 452 g/mol. The molecule has 1 rings (SSSR count). The minimum absolute atomic E-state index is 0.503. The van der Waals surface area contributed by atoms with Crippen LogP contribution in [-0.2, 0) is 13.9 Å². The Labute approximate surface area is 195 Å². The van der Waals surface area contributed by atoms with Crippen LogP contribution in [0.2, 0.25) is 19.6 Å². The number of unbranched alkanes of at least 4 members (excludes halogenated alkanes) is 2. The molecule has 3 atom stereocenters. The number of allylic oxidation sites excluding steroid dienone is 3. The van der Waals surface area contributed by atoms with E-state index in [1.807, 2.05) is 19.9 Å². The number of hydrogen-bond donors (Lipinski definition) is 0. The van der Waals surface area contributed by atoms with Crippen LogP contribution in [0.3, 0.4) is 0 Å². The van der Waals surface area contributed by atoms with Gasteiger partial charge in [-0.1, -0.05) is 64.0 Å². The van der Waals surface area contributed by atoms with Crippen molar-refractivity contribution in [1.82, 2.24) is 0 Å². The molecule has 0 amide bonds. The highest BCUT2D eigenvalue weighted by Crippen LogP contribution is 2.38. The van der Waals surface area contributed by atoms with Crippen LogP contribution in [0.15, 0.2) is 24.5 Å². The van der Waals surface area contributed by atoms with E-state index in [0.29, 0.717) is 6.10 Å². The van der Waals surface area contributed by atoms with Crippen molar-refractivity contribution in [3.63, 3.8) is 0 Å². The lowest BCUT2D eigenvalue weighted by Gasteiger charge is -2.27. The van der Waals surface area contributed by atoms with Gasteiger partial charge in [0.25, 0.3) is 0 Å². The predicted molar refractivity (Wildman–Crippen MR) is 137 cm³/mol.